The van der Waals surface area contributed by atoms with E-state index < -0.39 is 11.6 Å². The highest BCUT2D eigenvalue weighted by molar-refractivity contribution is 6.30. The fourth-order valence-electron chi connectivity index (χ4n) is 2.38. The van der Waals surface area contributed by atoms with Gasteiger partial charge in [-0.3, -0.25) is 0 Å². The van der Waals surface area contributed by atoms with Gasteiger partial charge < -0.3 is 5.32 Å². The zero-order valence-corrected chi connectivity index (χ0v) is 11.2. The summed E-state index contributed by atoms with van der Waals surface area (Å²) in [4.78, 5) is 0. The van der Waals surface area contributed by atoms with Gasteiger partial charge >= 0.3 is 0 Å². The number of halogens is 3. The van der Waals surface area contributed by atoms with Crippen molar-refractivity contribution in [3.05, 3.63) is 34.4 Å². The van der Waals surface area contributed by atoms with Crippen LogP contribution in [0.1, 0.15) is 44.2 Å². The maximum atomic E-state index is 13.9. The second kappa shape index (κ2) is 5.98. The van der Waals surface area contributed by atoms with Crippen LogP contribution < -0.4 is 5.32 Å². The minimum absolute atomic E-state index is 0.0922. The smallest absolute Gasteiger partial charge is 0.142 e. The molecular formula is C14H18ClF2N. The standard InChI is InChI=1S/C14H18ClF2N/c1-2-6-18-14(9-4-3-5-9)10-7-13(17)11(15)8-12(10)16/h7-9,14,18H,2-6H2,1H3. The Morgan fingerprint density at radius 3 is 2.61 bits per heavy atom. The lowest BCUT2D eigenvalue weighted by atomic mass is 9.77. The van der Waals surface area contributed by atoms with Crippen LogP contribution in [-0.4, -0.2) is 6.54 Å². The van der Waals surface area contributed by atoms with E-state index in [-0.39, 0.29) is 11.1 Å². The molecule has 100 valence electrons. The molecule has 1 aromatic rings. The van der Waals surface area contributed by atoms with Gasteiger partial charge in [0.25, 0.3) is 0 Å². The number of benzene rings is 1. The van der Waals surface area contributed by atoms with Crippen molar-refractivity contribution in [1.82, 2.24) is 5.32 Å². The Morgan fingerprint density at radius 2 is 2.06 bits per heavy atom. The van der Waals surface area contributed by atoms with Gasteiger partial charge in [-0.25, -0.2) is 8.78 Å². The molecule has 1 aromatic carbocycles. The van der Waals surface area contributed by atoms with Crippen LogP contribution in [0.25, 0.3) is 0 Å². The minimum Gasteiger partial charge on any atom is -0.310 e. The molecule has 1 N–H and O–H groups in total. The number of hydrogen-bond acceptors (Lipinski definition) is 1. The van der Waals surface area contributed by atoms with Gasteiger partial charge in [0.15, 0.2) is 0 Å². The van der Waals surface area contributed by atoms with Crippen molar-refractivity contribution in [3.8, 4) is 0 Å². The summed E-state index contributed by atoms with van der Waals surface area (Å²) < 4.78 is 27.4. The third kappa shape index (κ3) is 2.83. The summed E-state index contributed by atoms with van der Waals surface area (Å²) >= 11 is 5.59. The largest absolute Gasteiger partial charge is 0.310 e. The maximum Gasteiger partial charge on any atom is 0.142 e. The average Bonchev–Trinajstić information content (AvgIpc) is 2.27. The quantitative estimate of drug-likeness (QED) is 0.781. The van der Waals surface area contributed by atoms with Crippen LogP contribution in [0.2, 0.25) is 5.02 Å². The van der Waals surface area contributed by atoms with Gasteiger partial charge in [-0.15, -0.1) is 0 Å². The van der Waals surface area contributed by atoms with E-state index in [0.717, 1.165) is 31.9 Å². The summed E-state index contributed by atoms with van der Waals surface area (Å²) in [5, 5.41) is 3.17. The number of hydrogen-bond donors (Lipinski definition) is 1. The highest BCUT2D eigenvalue weighted by Gasteiger charge is 2.30. The fourth-order valence-corrected chi connectivity index (χ4v) is 2.53. The summed E-state index contributed by atoms with van der Waals surface area (Å²) in [5.41, 5.74) is 0.412. The van der Waals surface area contributed by atoms with E-state index in [0.29, 0.717) is 11.5 Å². The van der Waals surface area contributed by atoms with E-state index in [9.17, 15) is 8.78 Å². The second-order valence-electron chi connectivity index (χ2n) is 4.91. The van der Waals surface area contributed by atoms with E-state index in [1.165, 1.54) is 12.5 Å². The van der Waals surface area contributed by atoms with Gasteiger partial charge in [0.2, 0.25) is 0 Å². The van der Waals surface area contributed by atoms with Gasteiger partial charge in [-0.2, -0.15) is 0 Å². The first kappa shape index (κ1) is 13.8. The van der Waals surface area contributed by atoms with Crippen molar-refractivity contribution in [2.75, 3.05) is 6.54 Å². The number of nitrogens with one attached hydrogen (secondary N) is 1. The summed E-state index contributed by atoms with van der Waals surface area (Å²) in [6.45, 7) is 2.87. The molecule has 1 saturated carbocycles. The van der Waals surface area contributed by atoms with Gasteiger partial charge in [0, 0.05) is 11.6 Å². The molecule has 0 aromatic heterocycles. The predicted molar refractivity (Wildman–Crippen MR) is 69.7 cm³/mol. The first-order chi connectivity index (χ1) is 8.63. The molecule has 0 spiro atoms. The van der Waals surface area contributed by atoms with Crippen molar-refractivity contribution in [2.24, 2.45) is 5.92 Å². The molecule has 1 fully saturated rings. The van der Waals surface area contributed by atoms with Crippen LogP contribution in [-0.2, 0) is 0 Å². The van der Waals surface area contributed by atoms with E-state index in [1.807, 2.05) is 0 Å². The molecule has 1 aliphatic rings. The zero-order chi connectivity index (χ0) is 13.1. The molecule has 0 heterocycles. The Morgan fingerprint density at radius 1 is 1.33 bits per heavy atom. The molecular weight excluding hydrogens is 256 g/mol. The topological polar surface area (TPSA) is 12.0 Å². The molecule has 0 bridgehead atoms. The van der Waals surface area contributed by atoms with E-state index in [1.54, 1.807) is 0 Å². The molecule has 1 nitrogen and oxygen atoms in total. The molecule has 0 radical (unpaired) electrons. The van der Waals surface area contributed by atoms with Gasteiger partial charge in [-0.1, -0.05) is 24.9 Å². The lowest BCUT2D eigenvalue weighted by Gasteiger charge is -2.35. The predicted octanol–water partition coefficient (Wildman–Crippen LogP) is 4.46. The monoisotopic (exact) mass is 273 g/mol. The Hall–Kier alpha value is -0.670. The van der Waals surface area contributed by atoms with E-state index >= 15 is 0 Å². The molecule has 0 amide bonds. The summed E-state index contributed by atoms with van der Waals surface area (Å²) in [6.07, 6.45) is 4.30. The average molecular weight is 274 g/mol. The normalized spacial score (nSPS) is 17.6. The van der Waals surface area contributed by atoms with Gasteiger partial charge in [0.05, 0.1) is 5.02 Å². The Balaban J connectivity index is 2.25. The third-order valence-corrected chi connectivity index (χ3v) is 3.90. The molecule has 0 aliphatic heterocycles. The zero-order valence-electron chi connectivity index (χ0n) is 10.5. The van der Waals surface area contributed by atoms with Crippen molar-refractivity contribution in [2.45, 2.75) is 38.6 Å². The van der Waals surface area contributed by atoms with E-state index in [2.05, 4.69) is 12.2 Å². The van der Waals surface area contributed by atoms with Crippen molar-refractivity contribution >= 4 is 11.6 Å². The highest BCUT2D eigenvalue weighted by atomic mass is 35.5. The van der Waals surface area contributed by atoms with Crippen LogP contribution in [0.15, 0.2) is 12.1 Å². The van der Waals surface area contributed by atoms with Gasteiger partial charge in [0.1, 0.15) is 11.6 Å². The molecule has 2 rings (SSSR count). The minimum atomic E-state index is -0.546. The Bertz CT molecular complexity index is 419. The second-order valence-corrected chi connectivity index (χ2v) is 5.32. The lowest BCUT2D eigenvalue weighted by Crippen LogP contribution is -2.33. The Labute approximate surface area is 112 Å². The van der Waals surface area contributed by atoms with Crippen molar-refractivity contribution in [3.63, 3.8) is 0 Å². The van der Waals surface area contributed by atoms with Crippen LogP contribution in [0, 0.1) is 17.6 Å². The summed E-state index contributed by atoms with van der Waals surface area (Å²) in [5.74, 6) is -0.552. The highest BCUT2D eigenvalue weighted by Crippen LogP contribution is 2.39. The third-order valence-electron chi connectivity index (χ3n) is 3.61. The first-order valence-corrected chi connectivity index (χ1v) is 6.89. The first-order valence-electron chi connectivity index (χ1n) is 6.51. The molecule has 1 aliphatic carbocycles. The van der Waals surface area contributed by atoms with Crippen molar-refractivity contribution < 1.29 is 8.78 Å². The van der Waals surface area contributed by atoms with E-state index in [4.69, 9.17) is 11.6 Å². The summed E-state index contributed by atoms with van der Waals surface area (Å²) in [6, 6.07) is 2.22. The van der Waals surface area contributed by atoms with Crippen molar-refractivity contribution in [1.29, 1.82) is 0 Å². The number of rotatable bonds is 5. The fraction of sp³-hybridized carbons (Fsp3) is 0.571. The van der Waals surface area contributed by atoms with Crippen LogP contribution in [0.3, 0.4) is 0 Å². The molecule has 1 unspecified atom stereocenters. The maximum absolute atomic E-state index is 13.9. The SMILES string of the molecule is CCCNC(c1cc(F)c(Cl)cc1F)C1CCC1. The Kier molecular flexibility index (Phi) is 4.57. The molecule has 1 atom stereocenters. The van der Waals surface area contributed by atoms with Crippen LogP contribution in [0.4, 0.5) is 8.78 Å². The lowest BCUT2D eigenvalue weighted by molar-refractivity contribution is 0.227. The molecule has 0 saturated heterocycles. The summed E-state index contributed by atoms with van der Waals surface area (Å²) in [7, 11) is 0. The molecule has 18 heavy (non-hydrogen) atoms. The molecule has 4 heteroatoms. The van der Waals surface area contributed by atoms with Crippen LogP contribution >= 0.6 is 11.6 Å². The van der Waals surface area contributed by atoms with Crippen LogP contribution in [0.5, 0.6) is 0 Å². The van der Waals surface area contributed by atoms with Gasteiger partial charge in [-0.05, 0) is 43.9 Å².